The second kappa shape index (κ2) is 8.40. The Morgan fingerprint density at radius 3 is 2.17 bits per heavy atom. The van der Waals surface area contributed by atoms with Crippen LogP contribution in [-0.4, -0.2) is 21.9 Å². The van der Waals surface area contributed by atoms with Gasteiger partial charge in [0.25, 0.3) is 0 Å². The molecule has 0 unspecified atom stereocenters. The first-order valence-corrected chi connectivity index (χ1v) is 4.44. The summed E-state index contributed by atoms with van der Waals surface area (Å²) < 4.78 is 0. The minimum absolute atomic E-state index is 0.0529. The summed E-state index contributed by atoms with van der Waals surface area (Å²) in [6.07, 6.45) is 6.22. The third-order valence-electron chi connectivity index (χ3n) is 1.74. The monoisotopic (exact) mass is 174 g/mol. The third kappa shape index (κ3) is 7.41. The minimum atomic E-state index is 0.0529. The van der Waals surface area contributed by atoms with E-state index in [0.717, 1.165) is 38.4 Å². The fourth-order valence-electron chi connectivity index (χ4n) is 1.01. The van der Waals surface area contributed by atoms with Gasteiger partial charge in [0.1, 0.15) is 12.0 Å². The Morgan fingerprint density at radius 1 is 1.00 bits per heavy atom. The van der Waals surface area contributed by atoms with Crippen LogP contribution in [0.5, 0.6) is 0 Å². The van der Waals surface area contributed by atoms with E-state index >= 15 is 0 Å². The number of unbranched alkanes of at least 4 members (excludes halogenated alkanes) is 4. The van der Waals surface area contributed by atoms with Gasteiger partial charge in [0, 0.05) is 13.0 Å². The number of rotatable bonds is 7. The lowest BCUT2D eigenvalue weighted by molar-refractivity contribution is 0.282. The number of allylic oxidation sites excluding steroid dienone is 1. The molecule has 3 N–H and O–H groups in total. The molecule has 12 heavy (non-hydrogen) atoms. The summed E-state index contributed by atoms with van der Waals surface area (Å²) in [4.78, 5) is 0. The van der Waals surface area contributed by atoms with E-state index in [1.165, 1.54) is 0 Å². The van der Waals surface area contributed by atoms with Crippen LogP contribution in [0.4, 0.5) is 0 Å². The summed E-state index contributed by atoms with van der Waals surface area (Å²) in [6.45, 7) is 0.266. The van der Waals surface area contributed by atoms with Gasteiger partial charge in [-0.25, -0.2) is 0 Å². The molecule has 0 heterocycles. The molecule has 0 saturated carbocycles. The summed E-state index contributed by atoms with van der Waals surface area (Å²) in [6, 6.07) is 0. The van der Waals surface area contributed by atoms with Gasteiger partial charge >= 0.3 is 0 Å². The van der Waals surface area contributed by atoms with Crippen LogP contribution in [0, 0.1) is 0 Å². The molecule has 0 aliphatic rings. The van der Waals surface area contributed by atoms with Crippen LogP contribution >= 0.6 is 0 Å². The van der Waals surface area contributed by atoms with Crippen LogP contribution in [-0.2, 0) is 0 Å². The molecule has 0 bridgehead atoms. The van der Waals surface area contributed by atoms with Crippen molar-refractivity contribution < 1.29 is 15.3 Å². The van der Waals surface area contributed by atoms with Crippen LogP contribution < -0.4 is 0 Å². The molecular formula is C9H18O3. The number of aliphatic hydroxyl groups is 3. The zero-order chi connectivity index (χ0) is 9.23. The van der Waals surface area contributed by atoms with E-state index < -0.39 is 0 Å². The molecule has 0 aliphatic carbocycles. The van der Waals surface area contributed by atoms with Gasteiger partial charge in [-0.15, -0.1) is 0 Å². The Balaban J connectivity index is 3.00. The lowest BCUT2D eigenvalue weighted by Gasteiger charge is -1.99. The van der Waals surface area contributed by atoms with Gasteiger partial charge in [-0.1, -0.05) is 19.3 Å². The van der Waals surface area contributed by atoms with Crippen molar-refractivity contribution in [2.45, 2.75) is 38.5 Å². The van der Waals surface area contributed by atoms with Gasteiger partial charge in [-0.05, 0) is 12.8 Å². The maximum absolute atomic E-state index is 8.83. The Bertz CT molecular complexity index is 121. The molecule has 72 valence electrons. The molecule has 0 rings (SSSR count). The van der Waals surface area contributed by atoms with Crippen LogP contribution in [0.3, 0.4) is 0 Å². The van der Waals surface area contributed by atoms with Crippen molar-refractivity contribution in [1.82, 2.24) is 0 Å². The van der Waals surface area contributed by atoms with E-state index in [1.54, 1.807) is 0 Å². The Labute approximate surface area is 73.4 Å². The van der Waals surface area contributed by atoms with Crippen LogP contribution in [0.15, 0.2) is 12.0 Å². The van der Waals surface area contributed by atoms with Crippen molar-refractivity contribution in [2.24, 2.45) is 0 Å². The molecule has 0 radical (unpaired) electrons. The first-order chi connectivity index (χ1) is 5.81. The highest BCUT2D eigenvalue weighted by molar-refractivity contribution is 4.82. The van der Waals surface area contributed by atoms with Gasteiger partial charge in [-0.3, -0.25) is 0 Å². The third-order valence-corrected chi connectivity index (χ3v) is 1.74. The quantitative estimate of drug-likeness (QED) is 0.410. The smallest absolute Gasteiger partial charge is 0.126 e. The van der Waals surface area contributed by atoms with Crippen molar-refractivity contribution in [1.29, 1.82) is 0 Å². The first kappa shape index (κ1) is 11.3. The highest BCUT2D eigenvalue weighted by Gasteiger charge is 1.93. The molecule has 0 aromatic heterocycles. The highest BCUT2D eigenvalue weighted by atomic mass is 16.3. The molecule has 0 spiro atoms. The molecule has 0 aliphatic heterocycles. The molecule has 3 nitrogen and oxygen atoms in total. The van der Waals surface area contributed by atoms with Gasteiger partial charge in [0.15, 0.2) is 0 Å². The van der Waals surface area contributed by atoms with Crippen LogP contribution in [0.25, 0.3) is 0 Å². The van der Waals surface area contributed by atoms with Crippen molar-refractivity contribution in [3.63, 3.8) is 0 Å². The molecule has 0 saturated heterocycles. The van der Waals surface area contributed by atoms with Crippen molar-refractivity contribution in [3.8, 4) is 0 Å². The number of hydrogen-bond acceptors (Lipinski definition) is 3. The molecule has 0 atom stereocenters. The van der Waals surface area contributed by atoms with E-state index in [9.17, 15) is 0 Å². The van der Waals surface area contributed by atoms with E-state index in [0.29, 0.717) is 6.42 Å². The average Bonchev–Trinajstić information content (AvgIpc) is 2.10. The van der Waals surface area contributed by atoms with E-state index in [4.69, 9.17) is 15.3 Å². The molecule has 0 aromatic rings. The first-order valence-electron chi connectivity index (χ1n) is 4.44. The lowest BCUT2D eigenvalue weighted by Crippen LogP contribution is -1.85. The van der Waals surface area contributed by atoms with Crippen LogP contribution in [0.1, 0.15) is 38.5 Å². The summed E-state index contributed by atoms with van der Waals surface area (Å²) >= 11 is 0. The number of aliphatic hydroxyl groups excluding tert-OH is 3. The topological polar surface area (TPSA) is 60.7 Å². The maximum Gasteiger partial charge on any atom is 0.126 e. The standard InChI is InChI=1S/C9H18O3/c10-7-5-3-1-2-4-6-9(12)8-11/h8,10-12H,1-7H2. The van der Waals surface area contributed by atoms with Crippen molar-refractivity contribution in [2.75, 3.05) is 6.61 Å². The van der Waals surface area contributed by atoms with Crippen LogP contribution in [0.2, 0.25) is 0 Å². The summed E-state index contributed by atoms with van der Waals surface area (Å²) in [5.41, 5.74) is 0. The summed E-state index contributed by atoms with van der Waals surface area (Å²) in [5, 5.41) is 25.6. The molecule has 0 fully saturated rings. The van der Waals surface area contributed by atoms with E-state index in [1.807, 2.05) is 0 Å². The minimum Gasteiger partial charge on any atom is -0.512 e. The fourth-order valence-corrected chi connectivity index (χ4v) is 1.01. The summed E-state index contributed by atoms with van der Waals surface area (Å²) in [5.74, 6) is 0.0529. The highest BCUT2D eigenvalue weighted by Crippen LogP contribution is 2.08. The lowest BCUT2D eigenvalue weighted by atomic mass is 10.1. The molecule has 0 aromatic carbocycles. The largest absolute Gasteiger partial charge is 0.512 e. The van der Waals surface area contributed by atoms with E-state index in [2.05, 4.69) is 0 Å². The Morgan fingerprint density at radius 2 is 1.58 bits per heavy atom. The van der Waals surface area contributed by atoms with Crippen molar-refractivity contribution in [3.05, 3.63) is 12.0 Å². The van der Waals surface area contributed by atoms with E-state index in [-0.39, 0.29) is 12.4 Å². The molecule has 0 amide bonds. The van der Waals surface area contributed by atoms with Gasteiger partial charge in [-0.2, -0.15) is 0 Å². The Hall–Kier alpha value is -0.700. The predicted molar refractivity (Wildman–Crippen MR) is 48.1 cm³/mol. The zero-order valence-electron chi connectivity index (χ0n) is 7.37. The zero-order valence-corrected chi connectivity index (χ0v) is 7.37. The number of hydrogen-bond donors (Lipinski definition) is 3. The predicted octanol–water partition coefficient (Wildman–Crippen LogP) is 2.28. The van der Waals surface area contributed by atoms with Gasteiger partial charge in [0.2, 0.25) is 0 Å². The molecule has 3 heteroatoms. The van der Waals surface area contributed by atoms with Gasteiger partial charge in [0.05, 0.1) is 0 Å². The second-order valence-electron chi connectivity index (χ2n) is 2.86. The summed E-state index contributed by atoms with van der Waals surface area (Å²) in [7, 11) is 0. The fraction of sp³-hybridized carbons (Fsp3) is 0.778. The normalized spacial score (nSPS) is 11.9. The second-order valence-corrected chi connectivity index (χ2v) is 2.86. The maximum atomic E-state index is 8.83. The van der Waals surface area contributed by atoms with Crippen molar-refractivity contribution >= 4 is 0 Å². The average molecular weight is 174 g/mol. The van der Waals surface area contributed by atoms with Gasteiger partial charge < -0.3 is 15.3 Å². The molecular weight excluding hydrogens is 156 g/mol. The Kier molecular flexibility index (Phi) is 7.91. The SMILES string of the molecule is OC=C(O)CCCCCCCO.